The molecular formula is C31H26FN3O4. The van der Waals surface area contributed by atoms with E-state index in [1.54, 1.807) is 31.0 Å². The molecule has 0 bridgehead atoms. The second kappa shape index (κ2) is 9.54. The number of nitrogens with zero attached hydrogens (tertiary/aromatic N) is 2. The van der Waals surface area contributed by atoms with Gasteiger partial charge in [0.1, 0.15) is 22.9 Å². The van der Waals surface area contributed by atoms with Gasteiger partial charge in [-0.15, -0.1) is 0 Å². The lowest BCUT2D eigenvalue weighted by Gasteiger charge is -2.21. The standard InChI is InChI=1S/C31H26FN3O4/c1-17-4-5-21(31(37)35(23-11-12-23)29-18(2)38-16-34-29)15-24(17)20-8-13-26-25(14-20)27(30(36)33-3)28(39-26)19-6-9-22(32)10-7-19/h4-10,13-16,23H,11-12H2,1-3H3,(H,33,36). The van der Waals surface area contributed by atoms with Crippen LogP contribution in [-0.2, 0) is 0 Å². The Morgan fingerprint density at radius 1 is 1.00 bits per heavy atom. The lowest BCUT2D eigenvalue weighted by atomic mass is 9.95. The summed E-state index contributed by atoms with van der Waals surface area (Å²) in [7, 11) is 1.56. The number of halogens is 1. The number of hydrogen-bond donors (Lipinski definition) is 1. The molecule has 0 saturated heterocycles. The predicted molar refractivity (Wildman–Crippen MR) is 146 cm³/mol. The molecule has 2 aromatic heterocycles. The topological polar surface area (TPSA) is 88.6 Å². The SMILES string of the molecule is CNC(=O)c1c(-c2ccc(F)cc2)oc2ccc(-c3cc(C(=O)N(c4ncoc4C)C4CC4)ccc3C)cc12. The van der Waals surface area contributed by atoms with E-state index >= 15 is 0 Å². The molecule has 0 atom stereocenters. The van der Waals surface area contributed by atoms with Gasteiger partial charge in [0.25, 0.3) is 11.8 Å². The van der Waals surface area contributed by atoms with Gasteiger partial charge in [-0.05, 0) is 91.9 Å². The van der Waals surface area contributed by atoms with Crippen LogP contribution in [0.4, 0.5) is 10.2 Å². The maximum absolute atomic E-state index is 13.7. The van der Waals surface area contributed by atoms with E-state index in [1.807, 2.05) is 43.3 Å². The van der Waals surface area contributed by atoms with Gasteiger partial charge in [0.15, 0.2) is 12.2 Å². The first-order valence-electron chi connectivity index (χ1n) is 12.7. The summed E-state index contributed by atoms with van der Waals surface area (Å²) in [5.41, 5.74) is 4.71. The summed E-state index contributed by atoms with van der Waals surface area (Å²) in [4.78, 5) is 32.7. The molecule has 0 radical (unpaired) electrons. The van der Waals surface area contributed by atoms with Gasteiger partial charge in [0.05, 0.1) is 5.56 Å². The quantitative estimate of drug-likeness (QED) is 0.268. The van der Waals surface area contributed by atoms with Crippen molar-refractivity contribution in [2.45, 2.75) is 32.7 Å². The molecule has 0 spiro atoms. The number of oxazole rings is 1. The van der Waals surface area contributed by atoms with Crippen molar-refractivity contribution >= 4 is 28.6 Å². The van der Waals surface area contributed by atoms with Crippen molar-refractivity contribution < 1.29 is 22.8 Å². The molecule has 2 heterocycles. The van der Waals surface area contributed by atoms with Gasteiger partial charge < -0.3 is 14.2 Å². The molecule has 196 valence electrons. The zero-order valence-corrected chi connectivity index (χ0v) is 21.7. The van der Waals surface area contributed by atoms with E-state index in [9.17, 15) is 14.0 Å². The first-order valence-corrected chi connectivity index (χ1v) is 12.7. The Bertz CT molecular complexity index is 1730. The highest BCUT2D eigenvalue weighted by Crippen LogP contribution is 2.38. The van der Waals surface area contributed by atoms with Gasteiger partial charge in [0.2, 0.25) is 0 Å². The van der Waals surface area contributed by atoms with E-state index in [-0.39, 0.29) is 23.7 Å². The molecule has 1 N–H and O–H groups in total. The van der Waals surface area contributed by atoms with E-state index < -0.39 is 0 Å². The van der Waals surface area contributed by atoms with Crippen molar-refractivity contribution in [1.82, 2.24) is 10.3 Å². The van der Waals surface area contributed by atoms with Crippen LogP contribution in [-0.4, -0.2) is 29.9 Å². The minimum Gasteiger partial charge on any atom is -0.455 e. The number of carbonyl (C=O) groups is 2. The molecule has 1 aliphatic rings. The highest BCUT2D eigenvalue weighted by Gasteiger charge is 2.37. The smallest absolute Gasteiger partial charge is 0.259 e. The molecule has 7 nitrogen and oxygen atoms in total. The van der Waals surface area contributed by atoms with Crippen LogP contribution in [0.5, 0.6) is 0 Å². The van der Waals surface area contributed by atoms with Gasteiger partial charge in [-0.2, -0.15) is 4.98 Å². The Labute approximate surface area is 224 Å². The van der Waals surface area contributed by atoms with Crippen molar-refractivity contribution in [3.05, 3.63) is 95.3 Å². The molecule has 6 rings (SSSR count). The maximum Gasteiger partial charge on any atom is 0.259 e. The number of hydrogen-bond acceptors (Lipinski definition) is 5. The monoisotopic (exact) mass is 523 g/mol. The molecule has 1 saturated carbocycles. The molecule has 0 aliphatic heterocycles. The number of fused-ring (bicyclic) bond motifs is 1. The van der Waals surface area contributed by atoms with Crippen LogP contribution in [0.25, 0.3) is 33.4 Å². The van der Waals surface area contributed by atoms with E-state index in [4.69, 9.17) is 8.83 Å². The average Bonchev–Trinajstić information content (AvgIpc) is 3.58. The second-order valence-corrected chi connectivity index (χ2v) is 9.77. The Hall–Kier alpha value is -4.72. The van der Waals surface area contributed by atoms with Crippen LogP contribution in [0.3, 0.4) is 0 Å². The second-order valence-electron chi connectivity index (χ2n) is 9.77. The van der Waals surface area contributed by atoms with E-state index in [0.717, 1.165) is 29.5 Å². The largest absolute Gasteiger partial charge is 0.455 e. The molecule has 3 aromatic carbocycles. The molecule has 1 fully saturated rings. The zero-order valence-electron chi connectivity index (χ0n) is 21.7. The zero-order chi connectivity index (χ0) is 27.3. The number of aryl methyl sites for hydroxylation is 2. The van der Waals surface area contributed by atoms with Crippen LogP contribution in [0.2, 0.25) is 0 Å². The van der Waals surface area contributed by atoms with Crippen LogP contribution in [0, 0.1) is 19.7 Å². The maximum atomic E-state index is 13.7. The van der Waals surface area contributed by atoms with Gasteiger partial charge >= 0.3 is 0 Å². The van der Waals surface area contributed by atoms with Crippen LogP contribution in [0.15, 0.2) is 75.9 Å². The minimum absolute atomic E-state index is 0.105. The lowest BCUT2D eigenvalue weighted by molar-refractivity contribution is 0.0962. The highest BCUT2D eigenvalue weighted by atomic mass is 19.1. The van der Waals surface area contributed by atoms with Crippen molar-refractivity contribution in [3.8, 4) is 22.5 Å². The molecule has 8 heteroatoms. The Morgan fingerprint density at radius 3 is 2.41 bits per heavy atom. The number of anilines is 1. The Kier molecular flexibility index (Phi) is 6.02. The van der Waals surface area contributed by atoms with Crippen molar-refractivity contribution in [2.75, 3.05) is 11.9 Å². The van der Waals surface area contributed by atoms with E-state index in [1.165, 1.54) is 18.5 Å². The summed E-state index contributed by atoms with van der Waals surface area (Å²) in [6.45, 7) is 3.78. The van der Waals surface area contributed by atoms with Crippen LogP contribution in [0.1, 0.15) is 44.9 Å². The fraction of sp³-hybridized carbons (Fsp3) is 0.194. The third kappa shape index (κ3) is 4.37. The molecule has 0 unspecified atom stereocenters. The summed E-state index contributed by atoms with van der Waals surface area (Å²) < 4.78 is 25.0. The van der Waals surface area contributed by atoms with Crippen molar-refractivity contribution in [2.24, 2.45) is 0 Å². The molecule has 1 aliphatic carbocycles. The van der Waals surface area contributed by atoms with E-state index in [2.05, 4.69) is 10.3 Å². The molecule has 39 heavy (non-hydrogen) atoms. The normalized spacial score (nSPS) is 13.0. The highest BCUT2D eigenvalue weighted by molar-refractivity contribution is 6.12. The van der Waals surface area contributed by atoms with E-state index in [0.29, 0.717) is 45.0 Å². The van der Waals surface area contributed by atoms with Crippen molar-refractivity contribution in [1.29, 1.82) is 0 Å². The third-order valence-corrected chi connectivity index (χ3v) is 7.12. The Balaban J connectivity index is 1.45. The fourth-order valence-electron chi connectivity index (χ4n) is 4.92. The summed E-state index contributed by atoms with van der Waals surface area (Å²) in [5, 5.41) is 3.31. The number of rotatable bonds is 6. The fourth-order valence-corrected chi connectivity index (χ4v) is 4.92. The number of furan rings is 1. The number of nitrogens with one attached hydrogen (secondary N) is 1. The van der Waals surface area contributed by atoms with Crippen LogP contribution >= 0.6 is 0 Å². The van der Waals surface area contributed by atoms with Gasteiger partial charge in [-0.25, -0.2) is 4.39 Å². The number of carbonyl (C=O) groups excluding carboxylic acids is 2. The summed E-state index contributed by atoms with van der Waals surface area (Å²) in [5.74, 6) is 0.700. The van der Waals surface area contributed by atoms with Gasteiger partial charge in [-0.1, -0.05) is 12.1 Å². The lowest BCUT2D eigenvalue weighted by Crippen LogP contribution is -2.33. The van der Waals surface area contributed by atoms with Crippen LogP contribution < -0.4 is 10.2 Å². The first-order chi connectivity index (χ1) is 18.9. The Morgan fingerprint density at radius 2 is 1.74 bits per heavy atom. The molecule has 5 aromatic rings. The summed E-state index contributed by atoms with van der Waals surface area (Å²) in [6.07, 6.45) is 3.21. The molecule has 2 amide bonds. The average molecular weight is 524 g/mol. The minimum atomic E-state index is -0.373. The summed E-state index contributed by atoms with van der Waals surface area (Å²) >= 11 is 0. The number of benzene rings is 3. The summed E-state index contributed by atoms with van der Waals surface area (Å²) in [6, 6.07) is 17.2. The number of aromatic nitrogens is 1. The first kappa shape index (κ1) is 24.6. The molecular weight excluding hydrogens is 497 g/mol. The number of amides is 2. The van der Waals surface area contributed by atoms with Gasteiger partial charge in [0, 0.05) is 29.6 Å². The predicted octanol–water partition coefficient (Wildman–Crippen LogP) is 6.68. The third-order valence-electron chi connectivity index (χ3n) is 7.12. The van der Waals surface area contributed by atoms with Crippen molar-refractivity contribution in [3.63, 3.8) is 0 Å². The van der Waals surface area contributed by atoms with Gasteiger partial charge in [-0.3, -0.25) is 14.5 Å².